The second kappa shape index (κ2) is 4.74. The molecule has 1 saturated carbocycles. The second-order valence-corrected chi connectivity index (χ2v) is 6.38. The molecule has 0 spiro atoms. The standard InChI is InChI=1S/C13H25NO2/c1-10(2)7-12(3,4)8-14-11(16)13(9-15)5-6-13/h10,15H,5-9H2,1-4H3,(H,14,16). The van der Waals surface area contributed by atoms with Gasteiger partial charge >= 0.3 is 0 Å². The molecule has 16 heavy (non-hydrogen) atoms. The van der Waals surface area contributed by atoms with Gasteiger partial charge < -0.3 is 10.4 Å². The molecule has 1 amide bonds. The Morgan fingerprint density at radius 2 is 2.00 bits per heavy atom. The maximum absolute atomic E-state index is 11.8. The smallest absolute Gasteiger partial charge is 0.228 e. The summed E-state index contributed by atoms with van der Waals surface area (Å²) in [5.74, 6) is 0.673. The molecule has 3 nitrogen and oxygen atoms in total. The number of carbonyl (C=O) groups excluding carboxylic acids is 1. The molecular formula is C13H25NO2. The molecule has 0 bridgehead atoms. The largest absolute Gasteiger partial charge is 0.395 e. The first-order chi connectivity index (χ1) is 7.31. The fourth-order valence-electron chi connectivity index (χ4n) is 2.29. The van der Waals surface area contributed by atoms with Crippen LogP contribution < -0.4 is 5.32 Å². The van der Waals surface area contributed by atoms with E-state index in [9.17, 15) is 4.79 Å². The topological polar surface area (TPSA) is 49.3 Å². The van der Waals surface area contributed by atoms with Crippen LogP contribution in [-0.4, -0.2) is 24.2 Å². The molecule has 0 heterocycles. The van der Waals surface area contributed by atoms with Gasteiger partial charge in [-0.25, -0.2) is 0 Å². The van der Waals surface area contributed by atoms with E-state index in [1.165, 1.54) is 0 Å². The number of aliphatic hydroxyl groups is 1. The van der Waals surface area contributed by atoms with E-state index in [1.807, 2.05) is 0 Å². The molecule has 1 fully saturated rings. The summed E-state index contributed by atoms with van der Waals surface area (Å²) in [5.41, 5.74) is -0.302. The summed E-state index contributed by atoms with van der Waals surface area (Å²) in [7, 11) is 0. The highest BCUT2D eigenvalue weighted by molar-refractivity contribution is 5.85. The molecule has 1 aliphatic rings. The molecule has 0 aromatic carbocycles. The van der Waals surface area contributed by atoms with Gasteiger partial charge in [-0.2, -0.15) is 0 Å². The number of aliphatic hydroxyl groups excluding tert-OH is 1. The van der Waals surface area contributed by atoms with E-state index in [1.54, 1.807) is 0 Å². The summed E-state index contributed by atoms with van der Waals surface area (Å²) in [5, 5.41) is 12.1. The van der Waals surface area contributed by atoms with Crippen LogP contribution in [0.2, 0.25) is 0 Å². The molecule has 1 rings (SSSR count). The lowest BCUT2D eigenvalue weighted by Crippen LogP contribution is -2.40. The molecule has 2 N–H and O–H groups in total. The van der Waals surface area contributed by atoms with E-state index in [4.69, 9.17) is 5.11 Å². The summed E-state index contributed by atoms with van der Waals surface area (Å²) < 4.78 is 0. The predicted octanol–water partition coefficient (Wildman–Crippen LogP) is 1.95. The van der Waals surface area contributed by atoms with Crippen molar-refractivity contribution in [2.24, 2.45) is 16.7 Å². The number of amides is 1. The molecule has 3 heteroatoms. The minimum Gasteiger partial charge on any atom is -0.395 e. The van der Waals surface area contributed by atoms with Crippen LogP contribution in [-0.2, 0) is 4.79 Å². The number of hydrogen-bond acceptors (Lipinski definition) is 2. The van der Waals surface area contributed by atoms with Crippen LogP contribution in [0.15, 0.2) is 0 Å². The van der Waals surface area contributed by atoms with Gasteiger partial charge in [0.1, 0.15) is 0 Å². The molecule has 0 radical (unpaired) electrons. The van der Waals surface area contributed by atoms with Crippen molar-refractivity contribution in [3.8, 4) is 0 Å². The summed E-state index contributed by atoms with van der Waals surface area (Å²) in [6.07, 6.45) is 2.76. The molecule has 0 saturated heterocycles. The second-order valence-electron chi connectivity index (χ2n) is 6.38. The third-order valence-electron chi connectivity index (χ3n) is 3.33. The fourth-order valence-corrected chi connectivity index (χ4v) is 2.29. The van der Waals surface area contributed by atoms with Crippen LogP contribution in [0.5, 0.6) is 0 Å². The van der Waals surface area contributed by atoms with E-state index in [0.29, 0.717) is 12.5 Å². The zero-order chi connectivity index (χ0) is 12.4. The SMILES string of the molecule is CC(C)CC(C)(C)CNC(=O)C1(CO)CC1. The molecule has 0 aromatic heterocycles. The van der Waals surface area contributed by atoms with Crippen LogP contribution in [0.1, 0.15) is 47.0 Å². The van der Waals surface area contributed by atoms with Crippen molar-refractivity contribution in [3.63, 3.8) is 0 Å². The van der Waals surface area contributed by atoms with Crippen LogP contribution in [0, 0.1) is 16.7 Å². The van der Waals surface area contributed by atoms with Crippen molar-refractivity contribution in [2.45, 2.75) is 47.0 Å². The lowest BCUT2D eigenvalue weighted by molar-refractivity contribution is -0.128. The van der Waals surface area contributed by atoms with Crippen LogP contribution >= 0.6 is 0 Å². The van der Waals surface area contributed by atoms with Crippen LogP contribution in [0.3, 0.4) is 0 Å². The fraction of sp³-hybridized carbons (Fsp3) is 0.923. The average Bonchev–Trinajstić information content (AvgIpc) is 2.93. The van der Waals surface area contributed by atoms with Gasteiger partial charge in [-0.15, -0.1) is 0 Å². The van der Waals surface area contributed by atoms with Crippen molar-refractivity contribution in [2.75, 3.05) is 13.2 Å². The number of carbonyl (C=O) groups is 1. The van der Waals surface area contributed by atoms with E-state index < -0.39 is 5.41 Å². The van der Waals surface area contributed by atoms with Gasteiger partial charge in [0, 0.05) is 6.54 Å². The maximum atomic E-state index is 11.8. The molecule has 0 aliphatic heterocycles. The van der Waals surface area contributed by atoms with Gasteiger partial charge in [-0.3, -0.25) is 4.79 Å². The Morgan fingerprint density at radius 3 is 2.38 bits per heavy atom. The van der Waals surface area contributed by atoms with E-state index in [-0.39, 0.29) is 17.9 Å². The zero-order valence-corrected chi connectivity index (χ0v) is 11.0. The Kier molecular flexibility index (Phi) is 4.00. The van der Waals surface area contributed by atoms with E-state index in [2.05, 4.69) is 33.0 Å². The van der Waals surface area contributed by atoms with Crippen molar-refractivity contribution in [3.05, 3.63) is 0 Å². The Hall–Kier alpha value is -0.570. The summed E-state index contributed by atoms with van der Waals surface area (Å²) in [6.45, 7) is 9.42. The van der Waals surface area contributed by atoms with E-state index >= 15 is 0 Å². The normalized spacial score (nSPS) is 18.6. The third-order valence-corrected chi connectivity index (χ3v) is 3.33. The summed E-state index contributed by atoms with van der Waals surface area (Å²) in [6, 6.07) is 0. The van der Waals surface area contributed by atoms with E-state index in [0.717, 1.165) is 19.3 Å². The lowest BCUT2D eigenvalue weighted by atomic mass is 9.84. The third kappa shape index (κ3) is 3.48. The monoisotopic (exact) mass is 227 g/mol. The van der Waals surface area contributed by atoms with Gasteiger partial charge in [-0.05, 0) is 30.6 Å². The Labute approximate surface area is 98.6 Å². The first-order valence-corrected chi connectivity index (χ1v) is 6.20. The number of nitrogens with one attached hydrogen (secondary N) is 1. The van der Waals surface area contributed by atoms with Gasteiger partial charge in [0.2, 0.25) is 5.91 Å². The van der Waals surface area contributed by atoms with Crippen molar-refractivity contribution >= 4 is 5.91 Å². The highest BCUT2D eigenvalue weighted by Crippen LogP contribution is 2.45. The van der Waals surface area contributed by atoms with Gasteiger partial charge in [-0.1, -0.05) is 27.7 Å². The highest BCUT2D eigenvalue weighted by Gasteiger charge is 2.49. The minimum atomic E-state index is -0.437. The average molecular weight is 227 g/mol. The summed E-state index contributed by atoms with van der Waals surface area (Å²) >= 11 is 0. The van der Waals surface area contributed by atoms with Crippen molar-refractivity contribution < 1.29 is 9.90 Å². The Balaban J connectivity index is 2.36. The predicted molar refractivity (Wildman–Crippen MR) is 65.0 cm³/mol. The van der Waals surface area contributed by atoms with Gasteiger partial charge in [0.05, 0.1) is 12.0 Å². The Morgan fingerprint density at radius 1 is 1.44 bits per heavy atom. The molecule has 0 aromatic rings. The van der Waals surface area contributed by atoms with Crippen molar-refractivity contribution in [1.29, 1.82) is 0 Å². The quantitative estimate of drug-likeness (QED) is 0.728. The zero-order valence-electron chi connectivity index (χ0n) is 11.0. The minimum absolute atomic E-state index is 0.0105. The molecule has 0 unspecified atom stereocenters. The Bertz CT molecular complexity index is 255. The molecule has 1 aliphatic carbocycles. The van der Waals surface area contributed by atoms with Gasteiger partial charge in [0.25, 0.3) is 0 Å². The lowest BCUT2D eigenvalue weighted by Gasteiger charge is -2.27. The molecular weight excluding hydrogens is 202 g/mol. The van der Waals surface area contributed by atoms with Crippen LogP contribution in [0.25, 0.3) is 0 Å². The first-order valence-electron chi connectivity index (χ1n) is 6.20. The molecule has 94 valence electrons. The van der Waals surface area contributed by atoms with Crippen LogP contribution in [0.4, 0.5) is 0 Å². The number of hydrogen-bond donors (Lipinski definition) is 2. The highest BCUT2D eigenvalue weighted by atomic mass is 16.3. The van der Waals surface area contributed by atoms with Gasteiger partial charge in [0.15, 0.2) is 0 Å². The van der Waals surface area contributed by atoms with Crippen molar-refractivity contribution in [1.82, 2.24) is 5.32 Å². The number of rotatable bonds is 6. The first kappa shape index (κ1) is 13.5. The summed E-state index contributed by atoms with van der Waals surface area (Å²) in [4.78, 5) is 11.8. The maximum Gasteiger partial charge on any atom is 0.228 e. The molecule has 0 atom stereocenters.